The molecule has 0 bridgehead atoms. The molecule has 2 aromatic carbocycles. The molecule has 0 fully saturated rings. The first-order valence-corrected chi connectivity index (χ1v) is 10.3. The lowest BCUT2D eigenvalue weighted by atomic mass is 10.2. The van der Waals surface area contributed by atoms with Gasteiger partial charge in [-0.15, -0.1) is 0 Å². The van der Waals surface area contributed by atoms with E-state index in [-0.39, 0.29) is 6.61 Å². The highest BCUT2D eigenvalue weighted by molar-refractivity contribution is 7.71. The number of ether oxygens (including phenoxy) is 2. The first-order chi connectivity index (χ1) is 13.9. The molecule has 3 aromatic rings. The van der Waals surface area contributed by atoms with Gasteiger partial charge in [-0.25, -0.2) is 4.68 Å². The number of benzene rings is 2. The lowest BCUT2D eigenvalue weighted by Gasteiger charge is -2.16. The van der Waals surface area contributed by atoms with Crippen LogP contribution in [0.25, 0.3) is 0 Å². The molecule has 6 nitrogen and oxygen atoms in total. The molecule has 0 spiro atoms. The summed E-state index contributed by atoms with van der Waals surface area (Å²) in [6, 6.07) is 8.87. The number of aromatic nitrogens is 3. The van der Waals surface area contributed by atoms with Gasteiger partial charge in [-0.2, -0.15) is 5.10 Å². The maximum atomic E-state index is 6.48. The Kier molecular flexibility index (Phi) is 7.29. The fourth-order valence-electron chi connectivity index (χ4n) is 2.64. The van der Waals surface area contributed by atoms with Gasteiger partial charge < -0.3 is 14.9 Å². The zero-order valence-corrected chi connectivity index (χ0v) is 18.8. The van der Waals surface area contributed by atoms with Crippen molar-refractivity contribution in [2.24, 2.45) is 0 Å². The number of aromatic amines is 1. The average molecular weight is 474 g/mol. The Morgan fingerprint density at radius 1 is 1.10 bits per heavy atom. The summed E-state index contributed by atoms with van der Waals surface area (Å²) in [7, 11) is 0. The Morgan fingerprint density at radius 2 is 1.79 bits per heavy atom. The van der Waals surface area contributed by atoms with Crippen molar-refractivity contribution in [1.82, 2.24) is 14.9 Å². The Morgan fingerprint density at radius 3 is 2.41 bits per heavy atom. The van der Waals surface area contributed by atoms with Crippen LogP contribution in [0.2, 0.25) is 15.1 Å². The molecule has 2 N–H and O–H groups in total. The van der Waals surface area contributed by atoms with Gasteiger partial charge >= 0.3 is 0 Å². The second kappa shape index (κ2) is 9.71. The minimum Gasteiger partial charge on any atom is -0.490 e. The summed E-state index contributed by atoms with van der Waals surface area (Å²) in [5.41, 5.74) is 4.70. The maximum Gasteiger partial charge on any atom is 0.214 e. The molecule has 0 aliphatic carbocycles. The molecular weight excluding hydrogens is 455 g/mol. The van der Waals surface area contributed by atoms with Crippen molar-refractivity contribution >= 4 is 47.0 Å². The van der Waals surface area contributed by atoms with E-state index in [0.29, 0.717) is 55.9 Å². The predicted octanol–water partition coefficient (Wildman–Crippen LogP) is 5.93. The van der Waals surface area contributed by atoms with E-state index in [1.165, 1.54) is 0 Å². The Labute approximate surface area is 188 Å². The third-order valence-corrected chi connectivity index (χ3v) is 5.45. The first kappa shape index (κ1) is 21.8. The van der Waals surface area contributed by atoms with Gasteiger partial charge in [-0.3, -0.25) is 5.10 Å². The van der Waals surface area contributed by atoms with Crippen LogP contribution in [0.1, 0.15) is 23.9 Å². The van der Waals surface area contributed by atoms with Gasteiger partial charge in [0.05, 0.1) is 13.2 Å². The highest BCUT2D eigenvalue weighted by Gasteiger charge is 2.14. The van der Waals surface area contributed by atoms with Crippen LogP contribution in [-0.4, -0.2) is 21.5 Å². The summed E-state index contributed by atoms with van der Waals surface area (Å²) >= 11 is 24.1. The van der Waals surface area contributed by atoms with Crippen LogP contribution in [0, 0.1) is 11.7 Å². The van der Waals surface area contributed by atoms with E-state index >= 15 is 0 Å². The van der Waals surface area contributed by atoms with E-state index < -0.39 is 0 Å². The second-order valence-corrected chi connectivity index (χ2v) is 7.67. The smallest absolute Gasteiger partial charge is 0.214 e. The van der Waals surface area contributed by atoms with Crippen molar-refractivity contribution in [2.75, 3.05) is 12.0 Å². The number of nitrogens with one attached hydrogen (secondary N) is 2. The van der Waals surface area contributed by atoms with Crippen LogP contribution >= 0.6 is 47.0 Å². The summed E-state index contributed by atoms with van der Waals surface area (Å²) in [5, 5.41) is 8.38. The molecule has 10 heteroatoms. The van der Waals surface area contributed by atoms with Crippen molar-refractivity contribution in [3.05, 3.63) is 67.1 Å². The van der Waals surface area contributed by atoms with Gasteiger partial charge in [0.15, 0.2) is 11.5 Å². The number of hydrogen-bond donors (Lipinski definition) is 2. The molecule has 1 aromatic heterocycles. The topological polar surface area (TPSA) is 64.1 Å². The van der Waals surface area contributed by atoms with Crippen molar-refractivity contribution in [3.63, 3.8) is 0 Å². The molecule has 154 valence electrons. The van der Waals surface area contributed by atoms with Crippen molar-refractivity contribution < 1.29 is 9.47 Å². The van der Waals surface area contributed by atoms with Gasteiger partial charge in [-0.1, -0.05) is 40.9 Å². The lowest BCUT2D eigenvalue weighted by Crippen LogP contribution is -2.16. The van der Waals surface area contributed by atoms with Gasteiger partial charge in [0.2, 0.25) is 4.77 Å². The van der Waals surface area contributed by atoms with E-state index in [0.717, 1.165) is 5.56 Å². The molecule has 29 heavy (non-hydrogen) atoms. The highest BCUT2D eigenvalue weighted by atomic mass is 35.5. The van der Waals surface area contributed by atoms with Gasteiger partial charge in [0.25, 0.3) is 0 Å². The summed E-state index contributed by atoms with van der Waals surface area (Å²) in [6.07, 6.45) is 0. The summed E-state index contributed by atoms with van der Waals surface area (Å²) in [6.45, 7) is 4.82. The lowest BCUT2D eigenvalue weighted by molar-refractivity contribution is 0.269. The molecule has 0 atom stereocenters. The van der Waals surface area contributed by atoms with Crippen molar-refractivity contribution in [2.45, 2.75) is 27.0 Å². The normalized spacial score (nSPS) is 10.8. The molecule has 0 amide bonds. The largest absolute Gasteiger partial charge is 0.490 e. The molecule has 1 heterocycles. The maximum absolute atomic E-state index is 6.48. The third-order valence-electron chi connectivity index (χ3n) is 4.11. The molecule has 0 aliphatic rings. The van der Waals surface area contributed by atoms with Crippen molar-refractivity contribution in [1.29, 1.82) is 0 Å². The monoisotopic (exact) mass is 472 g/mol. The standard InChI is InChI=1S/C19H19Cl3N4O2S/c1-3-27-17-7-12(9-23-26-11(2)24-25-19(26)29)16(22)8-18(17)28-10-13-14(20)5-4-6-15(13)21/h4-8,23H,3,9-10H2,1-2H3,(H,25,29). The van der Waals surface area contributed by atoms with Crippen LogP contribution in [-0.2, 0) is 13.2 Å². The molecule has 0 aliphatic heterocycles. The SMILES string of the molecule is CCOc1cc(CNn2c(C)n[nH]c2=S)c(Cl)cc1OCc1c(Cl)cccc1Cl. The summed E-state index contributed by atoms with van der Waals surface area (Å²) in [4.78, 5) is 0. The fourth-order valence-corrected chi connectivity index (χ4v) is 3.61. The summed E-state index contributed by atoms with van der Waals surface area (Å²) in [5.74, 6) is 1.80. The molecule has 0 unspecified atom stereocenters. The summed E-state index contributed by atoms with van der Waals surface area (Å²) < 4.78 is 13.8. The van der Waals surface area contributed by atoms with Crippen LogP contribution in [0.4, 0.5) is 0 Å². The second-order valence-electron chi connectivity index (χ2n) is 6.06. The van der Waals surface area contributed by atoms with Crippen LogP contribution in [0.5, 0.6) is 11.5 Å². The number of hydrogen-bond acceptors (Lipinski definition) is 5. The quantitative estimate of drug-likeness (QED) is 0.397. The molecule has 3 rings (SSSR count). The first-order valence-electron chi connectivity index (χ1n) is 8.79. The molecule has 0 saturated heterocycles. The zero-order chi connectivity index (χ0) is 21.0. The van der Waals surface area contributed by atoms with Crippen molar-refractivity contribution in [3.8, 4) is 11.5 Å². The number of H-pyrrole nitrogens is 1. The van der Waals surface area contributed by atoms with E-state index in [1.54, 1.807) is 28.9 Å². The Balaban J connectivity index is 1.81. The minimum absolute atomic E-state index is 0.190. The Bertz CT molecular complexity index is 1050. The number of rotatable bonds is 8. The molecular formula is C19H19Cl3N4O2S. The van der Waals surface area contributed by atoms with E-state index in [1.807, 2.05) is 19.9 Å². The van der Waals surface area contributed by atoms with E-state index in [2.05, 4.69) is 15.6 Å². The van der Waals surface area contributed by atoms with Crippen LogP contribution in [0.3, 0.4) is 0 Å². The highest BCUT2D eigenvalue weighted by Crippen LogP contribution is 2.35. The number of nitrogens with zero attached hydrogens (tertiary/aromatic N) is 2. The van der Waals surface area contributed by atoms with Crippen LogP contribution < -0.4 is 14.9 Å². The zero-order valence-electron chi connectivity index (χ0n) is 15.8. The number of halogens is 3. The van der Waals surface area contributed by atoms with E-state index in [9.17, 15) is 0 Å². The molecule has 0 saturated carbocycles. The molecule has 0 radical (unpaired) electrons. The minimum atomic E-state index is 0.190. The third kappa shape index (κ3) is 5.17. The Hall–Kier alpha value is -1.93. The fraction of sp³-hybridized carbons (Fsp3) is 0.263. The predicted molar refractivity (Wildman–Crippen MR) is 119 cm³/mol. The van der Waals surface area contributed by atoms with Crippen LogP contribution in [0.15, 0.2) is 30.3 Å². The van der Waals surface area contributed by atoms with Gasteiger partial charge in [-0.05, 0) is 49.8 Å². The number of aryl methyl sites for hydroxylation is 1. The van der Waals surface area contributed by atoms with Gasteiger partial charge in [0, 0.05) is 26.7 Å². The average Bonchev–Trinajstić information content (AvgIpc) is 3.00. The van der Waals surface area contributed by atoms with Gasteiger partial charge in [0.1, 0.15) is 12.4 Å². The van der Waals surface area contributed by atoms with E-state index in [4.69, 9.17) is 56.5 Å².